The number of hydrogen-bond acceptors (Lipinski definition) is 2. The Morgan fingerprint density at radius 3 is 2.47 bits per heavy atom. The van der Waals surface area contributed by atoms with Gasteiger partial charge in [0.25, 0.3) is 0 Å². The van der Waals surface area contributed by atoms with Gasteiger partial charge in [-0.15, -0.1) is 0 Å². The van der Waals surface area contributed by atoms with Crippen LogP contribution in [0.3, 0.4) is 0 Å². The summed E-state index contributed by atoms with van der Waals surface area (Å²) in [4.78, 5) is 11.6. The van der Waals surface area contributed by atoms with E-state index in [1.54, 1.807) is 0 Å². The minimum absolute atomic E-state index is 0.0971. The van der Waals surface area contributed by atoms with E-state index in [0.717, 1.165) is 6.07 Å². The zero-order valence-corrected chi connectivity index (χ0v) is 11.7. The van der Waals surface area contributed by atoms with Gasteiger partial charge >= 0.3 is 0 Å². The second-order valence-electron chi connectivity index (χ2n) is 5.53. The molecule has 0 bridgehead atoms. The van der Waals surface area contributed by atoms with Gasteiger partial charge in [0, 0.05) is 18.5 Å². The summed E-state index contributed by atoms with van der Waals surface area (Å²) in [6.07, 6.45) is 0.157. The van der Waals surface area contributed by atoms with E-state index in [-0.39, 0.29) is 17.6 Å². The first-order valence-corrected chi connectivity index (χ1v) is 6.20. The van der Waals surface area contributed by atoms with Crippen LogP contribution in [0.25, 0.3) is 0 Å². The monoisotopic (exact) mass is 270 g/mol. The first-order valence-electron chi connectivity index (χ1n) is 6.20. The number of halogens is 2. The molecule has 1 amide bonds. The van der Waals surface area contributed by atoms with Gasteiger partial charge in [-0.05, 0) is 39.3 Å². The number of rotatable bonds is 4. The Morgan fingerprint density at radius 1 is 1.26 bits per heavy atom. The average molecular weight is 270 g/mol. The van der Waals surface area contributed by atoms with Crippen LogP contribution >= 0.6 is 0 Å². The molecule has 106 valence electrons. The average Bonchev–Trinajstić information content (AvgIpc) is 2.28. The lowest BCUT2D eigenvalue weighted by Crippen LogP contribution is -2.37. The molecule has 5 heteroatoms. The first-order chi connectivity index (χ1) is 8.70. The number of amides is 1. The molecule has 1 rings (SSSR count). The van der Waals surface area contributed by atoms with Crippen LogP contribution in [-0.2, 0) is 4.79 Å². The van der Waals surface area contributed by atoms with E-state index < -0.39 is 17.5 Å². The normalized spacial score (nSPS) is 11.5. The highest BCUT2D eigenvalue weighted by Crippen LogP contribution is 2.21. The molecular formula is C14H20F2N2O. The van der Waals surface area contributed by atoms with Gasteiger partial charge in [0.2, 0.25) is 5.91 Å². The fourth-order valence-electron chi connectivity index (χ4n) is 1.52. The maximum atomic E-state index is 13.7. The molecular weight excluding hydrogens is 250 g/mol. The van der Waals surface area contributed by atoms with Crippen LogP contribution in [0.2, 0.25) is 0 Å². The van der Waals surface area contributed by atoms with Crippen LogP contribution in [0.15, 0.2) is 12.1 Å². The molecule has 19 heavy (non-hydrogen) atoms. The summed E-state index contributed by atoms with van der Waals surface area (Å²) in [6, 6.07) is 2.48. The van der Waals surface area contributed by atoms with Gasteiger partial charge < -0.3 is 10.6 Å². The maximum Gasteiger partial charge on any atom is 0.225 e. The molecule has 0 aliphatic rings. The molecule has 0 fully saturated rings. The van der Waals surface area contributed by atoms with Crippen molar-refractivity contribution in [1.82, 2.24) is 5.32 Å². The van der Waals surface area contributed by atoms with Crippen molar-refractivity contribution < 1.29 is 13.6 Å². The Kier molecular flexibility index (Phi) is 5.00. The van der Waals surface area contributed by atoms with Gasteiger partial charge in [-0.2, -0.15) is 0 Å². The predicted molar refractivity (Wildman–Crippen MR) is 72.1 cm³/mol. The third kappa shape index (κ3) is 4.95. The minimum Gasteiger partial charge on any atom is -0.321 e. The van der Waals surface area contributed by atoms with Gasteiger partial charge in [0.05, 0.1) is 0 Å². The number of nitrogens with one attached hydrogen (secondary N) is 2. The molecule has 0 saturated heterocycles. The second-order valence-corrected chi connectivity index (χ2v) is 5.53. The molecule has 0 aliphatic heterocycles. The largest absolute Gasteiger partial charge is 0.321 e. The van der Waals surface area contributed by atoms with Crippen LogP contribution in [0.4, 0.5) is 14.5 Å². The highest BCUT2D eigenvalue weighted by Gasteiger charge is 2.15. The van der Waals surface area contributed by atoms with Crippen molar-refractivity contribution in [2.24, 2.45) is 0 Å². The minimum atomic E-state index is -0.764. The summed E-state index contributed by atoms with van der Waals surface area (Å²) in [6.45, 7) is 7.90. The zero-order valence-electron chi connectivity index (χ0n) is 11.7. The molecule has 0 atom stereocenters. The SMILES string of the molecule is Cc1ccc(F)c(NC(=O)CCNC(C)(C)C)c1F. The first kappa shape index (κ1) is 15.6. The second kappa shape index (κ2) is 6.10. The lowest BCUT2D eigenvalue weighted by molar-refractivity contribution is -0.116. The molecule has 3 nitrogen and oxygen atoms in total. The van der Waals surface area contributed by atoms with E-state index in [0.29, 0.717) is 12.1 Å². The molecule has 0 radical (unpaired) electrons. The van der Waals surface area contributed by atoms with Gasteiger partial charge in [-0.3, -0.25) is 4.79 Å². The van der Waals surface area contributed by atoms with Crippen molar-refractivity contribution in [3.05, 3.63) is 29.3 Å². The molecule has 0 saturated carbocycles. The van der Waals surface area contributed by atoms with Crippen LogP contribution in [0.1, 0.15) is 32.8 Å². The summed E-state index contributed by atoms with van der Waals surface area (Å²) >= 11 is 0. The lowest BCUT2D eigenvalue weighted by atomic mass is 10.1. The lowest BCUT2D eigenvalue weighted by Gasteiger charge is -2.20. The molecule has 2 N–H and O–H groups in total. The summed E-state index contributed by atoms with van der Waals surface area (Å²) in [5.41, 5.74) is -0.176. The van der Waals surface area contributed by atoms with Crippen LogP contribution in [-0.4, -0.2) is 18.0 Å². The quantitative estimate of drug-likeness (QED) is 0.883. The molecule has 0 heterocycles. The Bertz CT molecular complexity index is 467. The van der Waals surface area contributed by atoms with Gasteiger partial charge in [0.1, 0.15) is 11.5 Å². The summed E-state index contributed by atoms with van der Waals surface area (Å²) in [5, 5.41) is 5.41. The van der Waals surface area contributed by atoms with E-state index in [4.69, 9.17) is 0 Å². The summed E-state index contributed by atoms with van der Waals surface area (Å²) < 4.78 is 27.1. The highest BCUT2D eigenvalue weighted by molar-refractivity contribution is 5.91. The van der Waals surface area contributed by atoms with Crippen molar-refractivity contribution in [2.45, 2.75) is 39.7 Å². The van der Waals surface area contributed by atoms with E-state index in [1.165, 1.54) is 13.0 Å². The highest BCUT2D eigenvalue weighted by atomic mass is 19.1. The Labute approximate surface area is 112 Å². The molecule has 0 aliphatic carbocycles. The smallest absolute Gasteiger partial charge is 0.225 e. The predicted octanol–water partition coefficient (Wildman–Crippen LogP) is 2.99. The summed E-state index contributed by atoms with van der Waals surface area (Å²) in [7, 11) is 0. The van der Waals surface area contributed by atoms with Gasteiger partial charge in [-0.1, -0.05) is 6.07 Å². The Hall–Kier alpha value is -1.49. The molecule has 1 aromatic carbocycles. The maximum absolute atomic E-state index is 13.7. The molecule has 0 aromatic heterocycles. The Balaban J connectivity index is 2.61. The molecule has 0 unspecified atom stereocenters. The van der Waals surface area contributed by atoms with E-state index in [9.17, 15) is 13.6 Å². The number of carbonyl (C=O) groups is 1. The Morgan fingerprint density at radius 2 is 1.89 bits per heavy atom. The number of aryl methyl sites for hydroxylation is 1. The van der Waals surface area contributed by atoms with Crippen molar-refractivity contribution in [3.63, 3.8) is 0 Å². The van der Waals surface area contributed by atoms with Gasteiger partial charge in [-0.25, -0.2) is 8.78 Å². The van der Waals surface area contributed by atoms with Crippen LogP contribution in [0.5, 0.6) is 0 Å². The van der Waals surface area contributed by atoms with E-state index in [1.807, 2.05) is 20.8 Å². The van der Waals surface area contributed by atoms with Crippen molar-refractivity contribution in [2.75, 3.05) is 11.9 Å². The third-order valence-corrected chi connectivity index (χ3v) is 2.56. The number of carbonyl (C=O) groups excluding carboxylic acids is 1. The number of anilines is 1. The number of benzene rings is 1. The van der Waals surface area contributed by atoms with Crippen molar-refractivity contribution >= 4 is 11.6 Å². The van der Waals surface area contributed by atoms with Crippen molar-refractivity contribution in [3.8, 4) is 0 Å². The topological polar surface area (TPSA) is 41.1 Å². The van der Waals surface area contributed by atoms with E-state index in [2.05, 4.69) is 10.6 Å². The summed E-state index contributed by atoms with van der Waals surface area (Å²) in [5.74, 6) is -1.91. The third-order valence-electron chi connectivity index (χ3n) is 2.56. The van der Waals surface area contributed by atoms with E-state index >= 15 is 0 Å². The number of hydrogen-bond donors (Lipinski definition) is 2. The molecule has 0 spiro atoms. The van der Waals surface area contributed by atoms with Crippen LogP contribution in [0, 0.1) is 18.6 Å². The zero-order chi connectivity index (χ0) is 14.6. The fourth-order valence-corrected chi connectivity index (χ4v) is 1.52. The fraction of sp³-hybridized carbons (Fsp3) is 0.500. The van der Waals surface area contributed by atoms with Crippen LogP contribution < -0.4 is 10.6 Å². The van der Waals surface area contributed by atoms with Crippen molar-refractivity contribution in [1.29, 1.82) is 0 Å². The molecule has 1 aromatic rings. The standard InChI is InChI=1S/C14H20F2N2O/c1-9-5-6-10(15)13(12(9)16)18-11(19)7-8-17-14(2,3)4/h5-6,17H,7-8H2,1-4H3,(H,18,19). The van der Waals surface area contributed by atoms with Gasteiger partial charge in [0.15, 0.2) is 5.82 Å².